The van der Waals surface area contributed by atoms with E-state index in [1.54, 1.807) is 6.07 Å². The Labute approximate surface area is 96.8 Å². The van der Waals surface area contributed by atoms with Gasteiger partial charge in [0.05, 0.1) is 0 Å². The average Bonchev–Trinajstić information content (AvgIpc) is 2.30. The van der Waals surface area contributed by atoms with E-state index < -0.39 is 0 Å². The van der Waals surface area contributed by atoms with Crippen LogP contribution in [-0.4, -0.2) is 6.29 Å². The van der Waals surface area contributed by atoms with Crippen LogP contribution in [0.5, 0.6) is 0 Å². The van der Waals surface area contributed by atoms with Gasteiger partial charge in [-0.2, -0.15) is 0 Å². The van der Waals surface area contributed by atoms with Crippen molar-refractivity contribution in [3.8, 4) is 0 Å². The number of benzene rings is 1. The molecule has 0 unspecified atom stereocenters. The summed E-state index contributed by atoms with van der Waals surface area (Å²) < 4.78 is 0. The first-order valence-corrected chi connectivity index (χ1v) is 5.29. The number of carbonyl (C=O) groups is 1. The summed E-state index contributed by atoms with van der Waals surface area (Å²) in [5.74, 6) is 0. The molecule has 1 rings (SSSR count). The molecular weight excluding hydrogens is 196 g/mol. The van der Waals surface area contributed by atoms with Crippen molar-refractivity contribution < 1.29 is 4.79 Å². The van der Waals surface area contributed by atoms with Gasteiger partial charge in [-0.25, -0.2) is 0 Å². The summed E-state index contributed by atoms with van der Waals surface area (Å²) in [5.41, 5.74) is 2.94. The van der Waals surface area contributed by atoms with Crippen molar-refractivity contribution in [1.82, 2.24) is 0 Å². The first-order valence-electron chi connectivity index (χ1n) is 5.29. The van der Waals surface area contributed by atoms with Gasteiger partial charge >= 0.3 is 0 Å². The molecule has 0 heterocycles. The maximum Gasteiger partial charge on any atom is 0.150 e. The molecule has 1 heteroatoms. The summed E-state index contributed by atoms with van der Waals surface area (Å²) in [6, 6.07) is 7.52. The van der Waals surface area contributed by atoms with E-state index in [2.05, 4.69) is 0 Å². The van der Waals surface area contributed by atoms with E-state index in [9.17, 15) is 4.79 Å². The number of allylic oxidation sites excluding steroid dienone is 5. The van der Waals surface area contributed by atoms with E-state index in [0.717, 1.165) is 11.8 Å². The Morgan fingerprint density at radius 3 is 2.69 bits per heavy atom. The number of carbonyl (C=O) groups excluding carboxylic acids is 1. The number of hydrogen-bond acceptors (Lipinski definition) is 1. The van der Waals surface area contributed by atoms with Crippen LogP contribution in [0.2, 0.25) is 0 Å². The molecule has 82 valence electrons. The third-order valence-corrected chi connectivity index (χ3v) is 2.12. The lowest BCUT2D eigenvalue weighted by Gasteiger charge is -1.93. The number of aldehydes is 1. The van der Waals surface area contributed by atoms with Gasteiger partial charge in [0.1, 0.15) is 6.29 Å². The van der Waals surface area contributed by atoms with Gasteiger partial charge in [0.15, 0.2) is 0 Å². The molecular formula is C15H16O. The maximum atomic E-state index is 10.6. The molecule has 0 radical (unpaired) electrons. The topological polar surface area (TPSA) is 17.1 Å². The van der Waals surface area contributed by atoms with E-state index in [4.69, 9.17) is 0 Å². The van der Waals surface area contributed by atoms with E-state index in [1.807, 2.05) is 62.4 Å². The fraction of sp³-hybridized carbons (Fsp3) is 0.133. The fourth-order valence-electron chi connectivity index (χ4n) is 1.37. The lowest BCUT2D eigenvalue weighted by molar-refractivity contribution is 0.112. The smallest absolute Gasteiger partial charge is 0.150 e. The predicted octanol–water partition coefficient (Wildman–Crippen LogP) is 4.03. The highest BCUT2D eigenvalue weighted by molar-refractivity contribution is 5.76. The van der Waals surface area contributed by atoms with E-state index >= 15 is 0 Å². The summed E-state index contributed by atoms with van der Waals surface area (Å²) in [7, 11) is 0. The summed E-state index contributed by atoms with van der Waals surface area (Å²) in [6.07, 6.45) is 10.9. The fourth-order valence-corrected chi connectivity index (χ4v) is 1.37. The summed E-state index contributed by atoms with van der Waals surface area (Å²) in [5, 5.41) is 0. The molecule has 0 fully saturated rings. The normalized spacial score (nSPS) is 12.5. The molecule has 0 saturated carbocycles. The van der Waals surface area contributed by atoms with Crippen LogP contribution in [0.3, 0.4) is 0 Å². The standard InChI is InChI=1S/C15H16O/c1-3-6-13(2)7-4-8-14-9-5-10-15(11-14)12-16/h3-12H,1-2H3/b6-3-,8-4+,13-7-. The quantitative estimate of drug-likeness (QED) is 0.544. The highest BCUT2D eigenvalue weighted by atomic mass is 16.1. The predicted molar refractivity (Wildman–Crippen MR) is 69.4 cm³/mol. The lowest BCUT2D eigenvalue weighted by atomic mass is 10.1. The van der Waals surface area contributed by atoms with Crippen LogP contribution >= 0.6 is 0 Å². The van der Waals surface area contributed by atoms with Gasteiger partial charge in [-0.1, -0.05) is 54.2 Å². The minimum Gasteiger partial charge on any atom is -0.298 e. The number of rotatable bonds is 4. The van der Waals surface area contributed by atoms with Crippen LogP contribution in [-0.2, 0) is 0 Å². The van der Waals surface area contributed by atoms with Crippen LogP contribution in [0.4, 0.5) is 0 Å². The Morgan fingerprint density at radius 2 is 2.00 bits per heavy atom. The van der Waals surface area contributed by atoms with Crippen molar-refractivity contribution in [2.75, 3.05) is 0 Å². The van der Waals surface area contributed by atoms with Crippen molar-refractivity contribution in [3.63, 3.8) is 0 Å². The number of hydrogen-bond donors (Lipinski definition) is 0. The first-order chi connectivity index (χ1) is 7.76. The summed E-state index contributed by atoms with van der Waals surface area (Å²) in [4.78, 5) is 10.6. The Balaban J connectivity index is 2.76. The molecule has 0 spiro atoms. The Kier molecular flexibility index (Phi) is 5.00. The molecule has 1 nitrogen and oxygen atoms in total. The van der Waals surface area contributed by atoms with Crippen LogP contribution < -0.4 is 0 Å². The van der Waals surface area contributed by atoms with Gasteiger partial charge in [-0.05, 0) is 25.5 Å². The first kappa shape index (κ1) is 12.2. The molecule has 0 bridgehead atoms. The molecule has 1 aromatic carbocycles. The summed E-state index contributed by atoms with van der Waals surface area (Å²) >= 11 is 0. The Bertz CT molecular complexity index is 437. The zero-order chi connectivity index (χ0) is 11.8. The molecule has 0 amide bonds. The van der Waals surface area contributed by atoms with E-state index in [0.29, 0.717) is 5.56 Å². The molecule has 0 aliphatic heterocycles. The molecule has 0 N–H and O–H groups in total. The molecule has 0 aliphatic carbocycles. The molecule has 16 heavy (non-hydrogen) atoms. The average molecular weight is 212 g/mol. The van der Waals surface area contributed by atoms with Crippen molar-refractivity contribution in [1.29, 1.82) is 0 Å². The van der Waals surface area contributed by atoms with Gasteiger partial charge in [0.25, 0.3) is 0 Å². The minimum atomic E-state index is 0.705. The zero-order valence-electron chi connectivity index (χ0n) is 9.68. The summed E-state index contributed by atoms with van der Waals surface area (Å²) in [6.45, 7) is 4.04. The molecule has 1 aromatic rings. The van der Waals surface area contributed by atoms with Gasteiger partial charge in [0.2, 0.25) is 0 Å². The third-order valence-electron chi connectivity index (χ3n) is 2.12. The van der Waals surface area contributed by atoms with Crippen molar-refractivity contribution in [2.45, 2.75) is 13.8 Å². The largest absolute Gasteiger partial charge is 0.298 e. The molecule has 0 aliphatic rings. The highest BCUT2D eigenvalue weighted by Gasteiger charge is 1.89. The Hall–Kier alpha value is -1.89. The van der Waals surface area contributed by atoms with Crippen molar-refractivity contribution in [2.24, 2.45) is 0 Å². The van der Waals surface area contributed by atoms with Crippen LogP contribution in [0.15, 0.2) is 54.1 Å². The maximum absolute atomic E-state index is 10.6. The molecule has 0 atom stereocenters. The zero-order valence-corrected chi connectivity index (χ0v) is 9.68. The van der Waals surface area contributed by atoms with Crippen LogP contribution in [0.25, 0.3) is 6.08 Å². The van der Waals surface area contributed by atoms with Gasteiger partial charge in [-0.3, -0.25) is 4.79 Å². The monoisotopic (exact) mass is 212 g/mol. The second-order valence-electron chi connectivity index (χ2n) is 3.56. The minimum absolute atomic E-state index is 0.705. The SMILES string of the molecule is C\C=C/C(C)=C\C=C\c1cccc(C=O)c1. The van der Waals surface area contributed by atoms with Crippen LogP contribution in [0.1, 0.15) is 29.8 Å². The van der Waals surface area contributed by atoms with E-state index in [-0.39, 0.29) is 0 Å². The van der Waals surface area contributed by atoms with Gasteiger partial charge in [-0.15, -0.1) is 0 Å². The van der Waals surface area contributed by atoms with Crippen LogP contribution in [0, 0.1) is 0 Å². The van der Waals surface area contributed by atoms with Gasteiger partial charge < -0.3 is 0 Å². The Morgan fingerprint density at radius 1 is 1.25 bits per heavy atom. The third kappa shape index (κ3) is 4.09. The van der Waals surface area contributed by atoms with Gasteiger partial charge in [0, 0.05) is 5.56 Å². The van der Waals surface area contributed by atoms with Crippen molar-refractivity contribution >= 4 is 12.4 Å². The van der Waals surface area contributed by atoms with E-state index in [1.165, 1.54) is 5.57 Å². The van der Waals surface area contributed by atoms with Crippen molar-refractivity contribution in [3.05, 3.63) is 65.3 Å². The highest BCUT2D eigenvalue weighted by Crippen LogP contribution is 2.06. The molecule has 0 saturated heterocycles. The second kappa shape index (κ2) is 6.57. The molecule has 0 aromatic heterocycles. The lowest BCUT2D eigenvalue weighted by Crippen LogP contribution is -1.79. The second-order valence-corrected chi connectivity index (χ2v) is 3.56.